The van der Waals surface area contributed by atoms with Gasteiger partial charge >= 0.3 is 6.03 Å². The van der Waals surface area contributed by atoms with Gasteiger partial charge in [-0.15, -0.1) is 0 Å². The highest BCUT2D eigenvalue weighted by Crippen LogP contribution is 2.31. The van der Waals surface area contributed by atoms with Gasteiger partial charge in [0.2, 0.25) is 0 Å². The van der Waals surface area contributed by atoms with Crippen molar-refractivity contribution in [2.24, 2.45) is 0 Å². The van der Waals surface area contributed by atoms with E-state index in [0.717, 1.165) is 44.3 Å². The van der Waals surface area contributed by atoms with E-state index in [-0.39, 0.29) is 12.6 Å². The molecular formula is C16H26N4O2. The number of aliphatic hydroxyl groups is 1. The van der Waals surface area contributed by atoms with Gasteiger partial charge in [-0.05, 0) is 25.7 Å². The minimum Gasteiger partial charge on any atom is -0.394 e. The van der Waals surface area contributed by atoms with E-state index in [1.54, 1.807) is 6.20 Å². The number of aliphatic hydroxyl groups excluding tert-OH is 1. The van der Waals surface area contributed by atoms with Crippen molar-refractivity contribution >= 4 is 11.8 Å². The zero-order valence-corrected chi connectivity index (χ0v) is 13.1. The van der Waals surface area contributed by atoms with Crippen molar-refractivity contribution in [2.75, 3.05) is 11.9 Å². The van der Waals surface area contributed by atoms with E-state index in [1.165, 1.54) is 19.3 Å². The van der Waals surface area contributed by atoms with Gasteiger partial charge in [-0.3, -0.25) is 5.32 Å². The standard InChI is InChI=1S/C16H26N4O2/c21-12-16(9-4-5-10-16)19-15(22)18-14-8-11-17-20(14)13-6-2-1-3-7-13/h8,11,13,21H,1-7,9-10,12H2,(H2,18,19,22). The molecule has 3 rings (SSSR count). The third-order valence-corrected chi connectivity index (χ3v) is 5.07. The molecular weight excluding hydrogens is 280 g/mol. The molecule has 2 aliphatic carbocycles. The fourth-order valence-electron chi connectivity index (χ4n) is 3.79. The average Bonchev–Trinajstić information content (AvgIpc) is 3.18. The van der Waals surface area contributed by atoms with Gasteiger partial charge in [0.1, 0.15) is 5.82 Å². The van der Waals surface area contributed by atoms with Crippen LogP contribution in [-0.4, -0.2) is 33.1 Å². The highest BCUT2D eigenvalue weighted by molar-refractivity contribution is 5.88. The van der Waals surface area contributed by atoms with Crippen molar-refractivity contribution in [3.05, 3.63) is 12.3 Å². The maximum absolute atomic E-state index is 12.3. The van der Waals surface area contributed by atoms with E-state index in [2.05, 4.69) is 15.7 Å². The molecule has 22 heavy (non-hydrogen) atoms. The summed E-state index contributed by atoms with van der Waals surface area (Å²) < 4.78 is 1.94. The number of aromatic nitrogens is 2. The molecule has 0 aromatic carbocycles. The summed E-state index contributed by atoms with van der Waals surface area (Å²) in [6.45, 7) is 0.00229. The number of hydrogen-bond donors (Lipinski definition) is 3. The van der Waals surface area contributed by atoms with Crippen molar-refractivity contribution in [3.63, 3.8) is 0 Å². The van der Waals surface area contributed by atoms with Gasteiger partial charge in [0, 0.05) is 6.07 Å². The van der Waals surface area contributed by atoms with Crippen LogP contribution in [0.4, 0.5) is 10.6 Å². The highest BCUT2D eigenvalue weighted by Gasteiger charge is 2.34. The number of amides is 2. The van der Waals surface area contributed by atoms with Crippen molar-refractivity contribution in [1.82, 2.24) is 15.1 Å². The first-order valence-electron chi connectivity index (χ1n) is 8.46. The highest BCUT2D eigenvalue weighted by atomic mass is 16.3. The third-order valence-electron chi connectivity index (χ3n) is 5.07. The van der Waals surface area contributed by atoms with Crippen LogP contribution in [0.15, 0.2) is 12.3 Å². The Morgan fingerprint density at radius 1 is 1.27 bits per heavy atom. The summed E-state index contributed by atoms with van der Waals surface area (Å²) in [5, 5.41) is 19.9. The molecule has 0 unspecified atom stereocenters. The summed E-state index contributed by atoms with van der Waals surface area (Å²) in [4.78, 5) is 12.3. The summed E-state index contributed by atoms with van der Waals surface area (Å²) in [6.07, 6.45) is 11.5. The number of carbonyl (C=O) groups excluding carboxylic acids is 1. The minimum atomic E-state index is -0.445. The zero-order valence-electron chi connectivity index (χ0n) is 13.1. The van der Waals surface area contributed by atoms with Gasteiger partial charge in [0.15, 0.2) is 0 Å². The first-order valence-corrected chi connectivity index (χ1v) is 8.46. The second-order valence-corrected chi connectivity index (χ2v) is 6.68. The van der Waals surface area contributed by atoms with Crippen LogP contribution in [0, 0.1) is 0 Å². The quantitative estimate of drug-likeness (QED) is 0.800. The predicted octanol–water partition coefficient (Wildman–Crippen LogP) is 2.81. The number of anilines is 1. The van der Waals surface area contributed by atoms with E-state index in [4.69, 9.17) is 0 Å². The van der Waals surface area contributed by atoms with E-state index in [0.29, 0.717) is 6.04 Å². The molecule has 2 saturated carbocycles. The van der Waals surface area contributed by atoms with Crippen LogP contribution in [0.2, 0.25) is 0 Å². The predicted molar refractivity (Wildman–Crippen MR) is 84.8 cm³/mol. The van der Waals surface area contributed by atoms with Gasteiger partial charge in [0.25, 0.3) is 0 Å². The second-order valence-electron chi connectivity index (χ2n) is 6.68. The maximum Gasteiger partial charge on any atom is 0.320 e. The fourth-order valence-corrected chi connectivity index (χ4v) is 3.79. The second kappa shape index (κ2) is 6.69. The molecule has 0 spiro atoms. The summed E-state index contributed by atoms with van der Waals surface area (Å²) >= 11 is 0. The molecule has 2 amide bonds. The Morgan fingerprint density at radius 2 is 2.00 bits per heavy atom. The molecule has 1 aromatic heterocycles. The number of carbonyl (C=O) groups is 1. The van der Waals surface area contributed by atoms with Crippen molar-refractivity contribution in [1.29, 1.82) is 0 Å². The van der Waals surface area contributed by atoms with E-state index < -0.39 is 5.54 Å². The largest absolute Gasteiger partial charge is 0.394 e. The smallest absolute Gasteiger partial charge is 0.320 e. The number of nitrogens with one attached hydrogen (secondary N) is 2. The van der Waals surface area contributed by atoms with Gasteiger partial charge in [0.05, 0.1) is 24.4 Å². The molecule has 0 bridgehead atoms. The molecule has 122 valence electrons. The van der Waals surface area contributed by atoms with Crippen LogP contribution in [0.3, 0.4) is 0 Å². The minimum absolute atomic E-state index is 0.00229. The topological polar surface area (TPSA) is 79.2 Å². The number of urea groups is 1. The Hall–Kier alpha value is -1.56. The lowest BCUT2D eigenvalue weighted by atomic mass is 9.96. The summed E-state index contributed by atoms with van der Waals surface area (Å²) in [7, 11) is 0. The molecule has 6 nitrogen and oxygen atoms in total. The summed E-state index contributed by atoms with van der Waals surface area (Å²) in [6, 6.07) is 1.99. The summed E-state index contributed by atoms with van der Waals surface area (Å²) in [5.74, 6) is 0.746. The number of rotatable bonds is 4. The Labute approximate surface area is 131 Å². The van der Waals surface area contributed by atoms with Crippen molar-refractivity contribution < 1.29 is 9.90 Å². The van der Waals surface area contributed by atoms with Gasteiger partial charge in [-0.2, -0.15) is 5.10 Å². The molecule has 2 fully saturated rings. The maximum atomic E-state index is 12.3. The van der Waals surface area contributed by atoms with Gasteiger partial charge < -0.3 is 10.4 Å². The van der Waals surface area contributed by atoms with Crippen LogP contribution in [0.5, 0.6) is 0 Å². The normalized spacial score (nSPS) is 21.7. The van der Waals surface area contributed by atoms with E-state index >= 15 is 0 Å². The van der Waals surface area contributed by atoms with Crippen molar-refractivity contribution in [2.45, 2.75) is 69.4 Å². The molecule has 0 aliphatic heterocycles. The van der Waals surface area contributed by atoms with Crippen LogP contribution < -0.4 is 10.6 Å². The van der Waals surface area contributed by atoms with E-state index in [9.17, 15) is 9.90 Å². The van der Waals surface area contributed by atoms with Crippen LogP contribution in [-0.2, 0) is 0 Å². The number of hydrogen-bond acceptors (Lipinski definition) is 3. The molecule has 1 aromatic rings. The molecule has 6 heteroatoms. The first-order chi connectivity index (χ1) is 10.7. The van der Waals surface area contributed by atoms with Crippen molar-refractivity contribution in [3.8, 4) is 0 Å². The lowest BCUT2D eigenvalue weighted by molar-refractivity contribution is 0.167. The molecule has 2 aliphatic rings. The fraction of sp³-hybridized carbons (Fsp3) is 0.750. The lowest BCUT2D eigenvalue weighted by Crippen LogP contribution is -2.51. The monoisotopic (exact) mass is 306 g/mol. The average molecular weight is 306 g/mol. The lowest BCUT2D eigenvalue weighted by Gasteiger charge is -2.28. The first kappa shape index (κ1) is 15.3. The summed E-state index contributed by atoms with van der Waals surface area (Å²) in [5.41, 5.74) is -0.445. The zero-order chi connectivity index (χ0) is 15.4. The Bertz CT molecular complexity index is 502. The van der Waals surface area contributed by atoms with E-state index in [1.807, 2.05) is 10.7 Å². The van der Waals surface area contributed by atoms with Crippen LogP contribution in [0.1, 0.15) is 63.8 Å². The molecule has 0 radical (unpaired) electrons. The van der Waals surface area contributed by atoms with Crippen LogP contribution in [0.25, 0.3) is 0 Å². The molecule has 3 N–H and O–H groups in total. The van der Waals surface area contributed by atoms with Gasteiger partial charge in [-0.1, -0.05) is 32.1 Å². The Kier molecular flexibility index (Phi) is 4.66. The SMILES string of the molecule is O=C(Nc1ccnn1C1CCCCC1)NC1(CO)CCCC1. The van der Waals surface area contributed by atoms with Crippen LogP contribution >= 0.6 is 0 Å². The Morgan fingerprint density at radius 3 is 2.68 bits per heavy atom. The third kappa shape index (κ3) is 3.27. The molecule has 0 atom stereocenters. The Balaban J connectivity index is 1.63. The number of nitrogens with zero attached hydrogens (tertiary/aromatic N) is 2. The van der Waals surface area contributed by atoms with Gasteiger partial charge in [-0.25, -0.2) is 9.48 Å². The molecule has 1 heterocycles. The molecule has 0 saturated heterocycles.